The van der Waals surface area contributed by atoms with Gasteiger partial charge in [-0.1, -0.05) is 42.4 Å². The van der Waals surface area contributed by atoms with Crippen molar-refractivity contribution in [2.24, 2.45) is 0 Å². The molecule has 0 aliphatic rings. The zero-order valence-electron chi connectivity index (χ0n) is 10.4. The molecule has 0 fully saturated rings. The highest BCUT2D eigenvalue weighted by Gasteiger charge is 2.21. The Morgan fingerprint density at radius 3 is 2.67 bits per heavy atom. The van der Waals surface area contributed by atoms with Crippen LogP contribution >= 0.6 is 0 Å². The van der Waals surface area contributed by atoms with Crippen LogP contribution in [0.15, 0.2) is 34.9 Å². The van der Waals surface area contributed by atoms with Crippen LogP contribution in [-0.4, -0.2) is 22.4 Å². The average Bonchev–Trinajstić information content (AvgIpc) is 2.90. The van der Waals surface area contributed by atoms with E-state index in [1.54, 1.807) is 7.11 Å². The predicted molar refractivity (Wildman–Crippen MR) is 64.8 cm³/mol. The van der Waals surface area contributed by atoms with Gasteiger partial charge in [-0.2, -0.15) is 4.98 Å². The normalized spacial score (nSPS) is 14.4. The smallest absolute Gasteiger partial charge is 0.260 e. The molecule has 96 valence electrons. The molecular formula is C13H16N2O3. The number of methoxy groups -OCH3 is 1. The fourth-order valence-corrected chi connectivity index (χ4v) is 1.72. The Morgan fingerprint density at radius 1 is 1.33 bits per heavy atom. The van der Waals surface area contributed by atoms with E-state index in [0.29, 0.717) is 5.82 Å². The maximum Gasteiger partial charge on any atom is 0.260 e. The molecule has 2 atom stereocenters. The van der Waals surface area contributed by atoms with Gasteiger partial charge in [-0.05, 0) is 12.0 Å². The van der Waals surface area contributed by atoms with Gasteiger partial charge in [-0.25, -0.2) is 0 Å². The van der Waals surface area contributed by atoms with E-state index in [9.17, 15) is 5.11 Å². The van der Waals surface area contributed by atoms with Gasteiger partial charge in [0.15, 0.2) is 6.10 Å². The lowest BCUT2D eigenvalue weighted by Crippen LogP contribution is -2.04. The van der Waals surface area contributed by atoms with Crippen molar-refractivity contribution in [3.8, 4) is 0 Å². The van der Waals surface area contributed by atoms with Crippen LogP contribution in [0.3, 0.4) is 0 Å². The monoisotopic (exact) mass is 248 g/mol. The highest BCUT2D eigenvalue weighted by atomic mass is 16.5. The molecule has 2 aromatic rings. The highest BCUT2D eigenvalue weighted by molar-refractivity contribution is 5.21. The molecule has 0 saturated heterocycles. The first-order valence-corrected chi connectivity index (χ1v) is 5.85. The Balaban J connectivity index is 2.20. The molecule has 5 nitrogen and oxygen atoms in total. The van der Waals surface area contributed by atoms with Gasteiger partial charge in [0.05, 0.1) is 0 Å². The topological polar surface area (TPSA) is 68.4 Å². The fraction of sp³-hybridized carbons (Fsp3) is 0.385. The summed E-state index contributed by atoms with van der Waals surface area (Å²) in [6, 6.07) is 9.19. The summed E-state index contributed by atoms with van der Waals surface area (Å²) in [6.45, 7) is 1.97. The van der Waals surface area contributed by atoms with Crippen molar-refractivity contribution in [1.29, 1.82) is 0 Å². The van der Waals surface area contributed by atoms with Crippen molar-refractivity contribution in [3.05, 3.63) is 47.6 Å². The summed E-state index contributed by atoms with van der Waals surface area (Å²) in [5.74, 6) is 0.650. The Hall–Kier alpha value is -1.72. The minimum atomic E-state index is -0.901. The van der Waals surface area contributed by atoms with Gasteiger partial charge in [0.1, 0.15) is 6.10 Å². The number of hydrogen-bond acceptors (Lipinski definition) is 5. The Bertz CT molecular complexity index is 480. The van der Waals surface area contributed by atoms with Crippen LogP contribution in [0, 0.1) is 0 Å². The highest BCUT2D eigenvalue weighted by Crippen LogP contribution is 2.23. The molecular weight excluding hydrogens is 232 g/mol. The first-order valence-electron chi connectivity index (χ1n) is 5.85. The summed E-state index contributed by atoms with van der Waals surface area (Å²) in [5.41, 5.74) is 0.721. The molecule has 2 unspecified atom stereocenters. The third-order valence-electron chi connectivity index (χ3n) is 2.75. The second kappa shape index (κ2) is 5.75. The molecule has 1 N–H and O–H groups in total. The predicted octanol–water partition coefficient (Wildman–Crippen LogP) is 2.25. The minimum Gasteiger partial charge on any atom is -0.378 e. The molecule has 0 amide bonds. The summed E-state index contributed by atoms with van der Waals surface area (Å²) in [7, 11) is 1.60. The Labute approximate surface area is 105 Å². The Kier molecular flexibility index (Phi) is 4.07. The molecule has 5 heteroatoms. The van der Waals surface area contributed by atoms with Gasteiger partial charge >= 0.3 is 0 Å². The van der Waals surface area contributed by atoms with E-state index < -0.39 is 6.10 Å². The summed E-state index contributed by atoms with van der Waals surface area (Å²) in [4.78, 5) is 4.18. The minimum absolute atomic E-state index is 0.187. The molecule has 1 aromatic heterocycles. The molecule has 0 spiro atoms. The zero-order valence-corrected chi connectivity index (χ0v) is 10.4. The number of aliphatic hydroxyl groups excluding tert-OH is 1. The average molecular weight is 248 g/mol. The van der Waals surface area contributed by atoms with E-state index in [4.69, 9.17) is 9.26 Å². The fourth-order valence-electron chi connectivity index (χ4n) is 1.72. The van der Waals surface area contributed by atoms with Crippen LogP contribution in [0.4, 0.5) is 0 Å². The van der Waals surface area contributed by atoms with Gasteiger partial charge in [-0.15, -0.1) is 0 Å². The van der Waals surface area contributed by atoms with E-state index in [1.165, 1.54) is 0 Å². The number of aliphatic hydroxyl groups is 1. The van der Waals surface area contributed by atoms with Gasteiger partial charge < -0.3 is 14.4 Å². The van der Waals surface area contributed by atoms with Crippen molar-refractivity contribution in [3.63, 3.8) is 0 Å². The number of nitrogens with zero attached hydrogens (tertiary/aromatic N) is 2. The molecule has 1 heterocycles. The van der Waals surface area contributed by atoms with Crippen molar-refractivity contribution in [2.45, 2.75) is 25.6 Å². The number of rotatable bonds is 5. The maximum atomic E-state index is 10.1. The second-order valence-electron chi connectivity index (χ2n) is 3.94. The van der Waals surface area contributed by atoms with Crippen LogP contribution < -0.4 is 0 Å². The van der Waals surface area contributed by atoms with Crippen LogP contribution in [0.2, 0.25) is 0 Å². The summed E-state index contributed by atoms with van der Waals surface area (Å²) in [5, 5.41) is 13.9. The number of ether oxygens (including phenoxy) is 1. The van der Waals surface area contributed by atoms with Crippen LogP contribution in [-0.2, 0) is 4.74 Å². The van der Waals surface area contributed by atoms with E-state index in [0.717, 1.165) is 12.0 Å². The Morgan fingerprint density at radius 2 is 2.06 bits per heavy atom. The molecule has 1 aromatic carbocycles. The van der Waals surface area contributed by atoms with Crippen molar-refractivity contribution >= 4 is 0 Å². The first kappa shape index (κ1) is 12.7. The number of hydrogen-bond donors (Lipinski definition) is 1. The van der Waals surface area contributed by atoms with E-state index in [2.05, 4.69) is 10.1 Å². The SMILES string of the molecule is CCC(OC)c1noc(C(O)c2ccccc2)n1. The standard InChI is InChI=1S/C13H16N2O3/c1-3-10(17-2)12-14-13(18-15-12)11(16)9-7-5-4-6-8-9/h4-8,10-11,16H,3H2,1-2H3. The lowest BCUT2D eigenvalue weighted by atomic mass is 10.1. The van der Waals surface area contributed by atoms with Gasteiger partial charge in [0.25, 0.3) is 5.89 Å². The van der Waals surface area contributed by atoms with Gasteiger partial charge in [0.2, 0.25) is 5.82 Å². The summed E-state index contributed by atoms with van der Waals surface area (Å²) in [6.07, 6.45) is -0.357. The molecule has 0 saturated carbocycles. The largest absolute Gasteiger partial charge is 0.378 e. The lowest BCUT2D eigenvalue weighted by molar-refractivity contribution is 0.0902. The first-order chi connectivity index (χ1) is 8.76. The summed E-state index contributed by atoms with van der Waals surface area (Å²) < 4.78 is 10.3. The summed E-state index contributed by atoms with van der Waals surface area (Å²) >= 11 is 0. The molecule has 18 heavy (non-hydrogen) atoms. The zero-order chi connectivity index (χ0) is 13.0. The molecule has 0 radical (unpaired) electrons. The molecule has 0 aliphatic heterocycles. The quantitative estimate of drug-likeness (QED) is 0.878. The van der Waals surface area contributed by atoms with Crippen LogP contribution in [0.5, 0.6) is 0 Å². The van der Waals surface area contributed by atoms with E-state index >= 15 is 0 Å². The second-order valence-corrected chi connectivity index (χ2v) is 3.94. The molecule has 0 aliphatic carbocycles. The van der Waals surface area contributed by atoms with Crippen LogP contribution in [0.25, 0.3) is 0 Å². The van der Waals surface area contributed by atoms with E-state index in [-0.39, 0.29) is 12.0 Å². The van der Waals surface area contributed by atoms with Crippen molar-refractivity contribution in [1.82, 2.24) is 10.1 Å². The number of benzene rings is 1. The van der Waals surface area contributed by atoms with E-state index in [1.807, 2.05) is 37.3 Å². The number of aromatic nitrogens is 2. The molecule has 0 bridgehead atoms. The third-order valence-corrected chi connectivity index (χ3v) is 2.75. The lowest BCUT2D eigenvalue weighted by Gasteiger charge is -2.07. The molecule has 2 rings (SSSR count). The third kappa shape index (κ3) is 2.57. The van der Waals surface area contributed by atoms with Gasteiger partial charge in [0, 0.05) is 7.11 Å². The van der Waals surface area contributed by atoms with Gasteiger partial charge in [-0.3, -0.25) is 0 Å². The van der Waals surface area contributed by atoms with Crippen LogP contribution in [0.1, 0.15) is 42.8 Å². The van der Waals surface area contributed by atoms with Crippen molar-refractivity contribution in [2.75, 3.05) is 7.11 Å². The maximum absolute atomic E-state index is 10.1. The van der Waals surface area contributed by atoms with Crippen molar-refractivity contribution < 1.29 is 14.4 Å².